The molecular formula is C44H54N4O7Si. The van der Waals surface area contributed by atoms with Crippen molar-refractivity contribution in [1.82, 2.24) is 20.4 Å². The summed E-state index contributed by atoms with van der Waals surface area (Å²) in [7, 11) is 0.804. The van der Waals surface area contributed by atoms with Crippen LogP contribution in [0.2, 0.25) is 19.1 Å². The molecular weight excluding hydrogens is 725 g/mol. The number of nitrogens with zero attached hydrogens (tertiary/aromatic N) is 2. The molecule has 0 radical (unpaired) electrons. The average molecular weight is 779 g/mol. The van der Waals surface area contributed by atoms with Gasteiger partial charge in [0.2, 0.25) is 17.7 Å². The lowest BCUT2D eigenvalue weighted by atomic mass is 9.87. The molecule has 296 valence electrons. The van der Waals surface area contributed by atoms with Crippen molar-refractivity contribution in [3.8, 4) is 11.8 Å². The molecule has 1 saturated heterocycles. The number of ether oxygens (including phenoxy) is 2. The molecule has 56 heavy (non-hydrogen) atoms. The number of hydrogen-bond acceptors (Lipinski definition) is 7. The Kier molecular flexibility index (Phi) is 13.1. The normalized spacial score (nSPS) is 18.2. The number of carbonyl (C=O) groups is 5. The van der Waals surface area contributed by atoms with E-state index in [1.54, 1.807) is 56.9 Å². The Morgan fingerprint density at radius 2 is 1.57 bits per heavy atom. The maximum Gasteiger partial charge on any atom is 0.410 e. The zero-order chi connectivity index (χ0) is 40.8. The lowest BCUT2D eigenvalue weighted by Gasteiger charge is -2.33. The van der Waals surface area contributed by atoms with Gasteiger partial charge in [-0.15, -0.1) is 0 Å². The molecule has 5 rings (SSSR count). The molecule has 3 aromatic carbocycles. The number of benzene rings is 3. The Labute approximate surface area is 331 Å². The fourth-order valence-electron chi connectivity index (χ4n) is 7.18. The quantitative estimate of drug-likeness (QED) is 0.159. The summed E-state index contributed by atoms with van der Waals surface area (Å²) in [4.78, 5) is 70.1. The summed E-state index contributed by atoms with van der Waals surface area (Å²) in [6, 6.07) is 20.2. The molecule has 2 N–H and O–H groups in total. The molecule has 1 heterocycles. The van der Waals surface area contributed by atoms with E-state index in [0.717, 1.165) is 41.5 Å². The first-order valence-corrected chi connectivity index (χ1v) is 22.6. The molecule has 1 aliphatic carbocycles. The van der Waals surface area contributed by atoms with Gasteiger partial charge < -0.3 is 25.0 Å². The standard InChI is InChI=1S/C44H54N4O7Si/c1-29(47(5)43(53)55-44(2,3)4)39(49)46-37(26-32-20-18-30(19-21-32)16-17-31-22-24-34(25-23-31)42(52)54-6)41(51)48-28-56(7,8)27-38(48)40(50)45-36-15-11-13-33-12-9-10-14-35(33)36/h9-10,12,14,18-25,29,36-38H,11,13,15,26-28H2,1-8H3,(H,45,50)(H,46,49). The molecule has 0 saturated carbocycles. The van der Waals surface area contributed by atoms with Crippen LogP contribution in [0.25, 0.3) is 0 Å². The fraction of sp³-hybridized carbons (Fsp3) is 0.432. The van der Waals surface area contributed by atoms with E-state index >= 15 is 0 Å². The predicted molar refractivity (Wildman–Crippen MR) is 217 cm³/mol. The van der Waals surface area contributed by atoms with Crippen LogP contribution in [0.3, 0.4) is 0 Å². The number of fused-ring (bicyclic) bond motifs is 1. The monoisotopic (exact) mass is 778 g/mol. The third kappa shape index (κ3) is 10.7. The summed E-state index contributed by atoms with van der Waals surface area (Å²) in [6.45, 7) is 11.2. The van der Waals surface area contributed by atoms with E-state index in [2.05, 4.69) is 47.7 Å². The third-order valence-electron chi connectivity index (χ3n) is 10.3. The second-order valence-corrected chi connectivity index (χ2v) is 21.6. The highest BCUT2D eigenvalue weighted by molar-refractivity contribution is 6.79. The van der Waals surface area contributed by atoms with Crippen LogP contribution in [0.15, 0.2) is 72.8 Å². The maximum atomic E-state index is 14.7. The van der Waals surface area contributed by atoms with Gasteiger partial charge in [0, 0.05) is 30.8 Å². The first-order chi connectivity index (χ1) is 26.4. The summed E-state index contributed by atoms with van der Waals surface area (Å²) in [5, 5.41) is 6.23. The van der Waals surface area contributed by atoms with E-state index in [1.165, 1.54) is 24.6 Å². The summed E-state index contributed by atoms with van der Waals surface area (Å²) >= 11 is 0. The number of aryl methyl sites for hydroxylation is 1. The van der Waals surface area contributed by atoms with E-state index in [4.69, 9.17) is 9.47 Å². The minimum atomic E-state index is -2.02. The van der Waals surface area contributed by atoms with Crippen molar-refractivity contribution in [3.05, 3.63) is 106 Å². The number of likely N-dealkylation sites (N-methyl/N-ethyl adjacent to an activating group) is 1. The third-order valence-corrected chi connectivity index (χ3v) is 13.0. The Hall–Kier alpha value is -5.41. The van der Waals surface area contributed by atoms with Crippen LogP contribution in [-0.2, 0) is 36.7 Å². The van der Waals surface area contributed by atoms with Crippen LogP contribution in [0.4, 0.5) is 4.79 Å². The number of methoxy groups -OCH3 is 1. The molecule has 4 atom stereocenters. The van der Waals surface area contributed by atoms with Crippen LogP contribution in [-0.4, -0.2) is 91.7 Å². The SMILES string of the molecule is COC(=O)c1ccc(C#Cc2ccc(CC(NC(=O)C(C)N(C)C(=O)OC(C)(C)C)C(=O)N3C[Si](C)(C)CC3C(=O)NC3CCCc4ccccc43)cc2)cc1. The van der Waals surface area contributed by atoms with Gasteiger partial charge in [-0.2, -0.15) is 0 Å². The first-order valence-electron chi connectivity index (χ1n) is 19.2. The smallest absolute Gasteiger partial charge is 0.410 e. The van der Waals surface area contributed by atoms with Gasteiger partial charge in [-0.05, 0) is 106 Å². The van der Waals surface area contributed by atoms with E-state index < -0.39 is 49.8 Å². The van der Waals surface area contributed by atoms with Crippen LogP contribution in [0.5, 0.6) is 0 Å². The van der Waals surface area contributed by atoms with Crippen LogP contribution >= 0.6 is 0 Å². The Morgan fingerprint density at radius 3 is 2.20 bits per heavy atom. The van der Waals surface area contributed by atoms with Gasteiger partial charge in [0.1, 0.15) is 23.7 Å². The Bertz CT molecular complexity index is 2000. The van der Waals surface area contributed by atoms with E-state index in [-0.39, 0.29) is 24.3 Å². The summed E-state index contributed by atoms with van der Waals surface area (Å²) < 4.78 is 10.2. The van der Waals surface area contributed by atoms with Crippen molar-refractivity contribution >= 4 is 37.9 Å². The molecule has 11 nitrogen and oxygen atoms in total. The molecule has 1 aliphatic heterocycles. The molecule has 4 amide bonds. The summed E-state index contributed by atoms with van der Waals surface area (Å²) in [6.07, 6.45) is 2.73. The molecule has 0 aromatic heterocycles. The Morgan fingerprint density at radius 1 is 0.946 bits per heavy atom. The maximum absolute atomic E-state index is 14.7. The molecule has 2 aliphatic rings. The summed E-state index contributed by atoms with van der Waals surface area (Å²) in [5.74, 6) is 4.76. The van der Waals surface area contributed by atoms with E-state index in [1.807, 2.05) is 36.4 Å². The average Bonchev–Trinajstić information content (AvgIpc) is 3.51. The predicted octanol–water partition coefficient (Wildman–Crippen LogP) is 5.81. The van der Waals surface area contributed by atoms with Crippen LogP contribution in [0.1, 0.15) is 84.8 Å². The molecule has 1 fully saturated rings. The van der Waals surface area contributed by atoms with Gasteiger partial charge in [0.25, 0.3) is 0 Å². The van der Waals surface area contributed by atoms with Gasteiger partial charge in [-0.1, -0.05) is 61.3 Å². The van der Waals surface area contributed by atoms with Crippen LogP contribution < -0.4 is 10.6 Å². The lowest BCUT2D eigenvalue weighted by Crippen LogP contribution is -2.57. The summed E-state index contributed by atoms with van der Waals surface area (Å²) in [5.41, 5.74) is 4.28. The fourth-order valence-corrected chi connectivity index (χ4v) is 10.1. The first kappa shape index (κ1) is 41.7. The van der Waals surface area contributed by atoms with Gasteiger partial charge in [-0.25, -0.2) is 9.59 Å². The molecule has 0 spiro atoms. The second kappa shape index (κ2) is 17.6. The molecule has 3 aromatic rings. The zero-order valence-corrected chi connectivity index (χ0v) is 34.7. The number of nitrogens with one attached hydrogen (secondary N) is 2. The van der Waals surface area contributed by atoms with Gasteiger partial charge in [0.15, 0.2) is 0 Å². The minimum Gasteiger partial charge on any atom is -0.465 e. The number of esters is 1. The van der Waals surface area contributed by atoms with Gasteiger partial charge >= 0.3 is 12.1 Å². The molecule has 0 bridgehead atoms. The highest BCUT2D eigenvalue weighted by atomic mass is 28.3. The lowest BCUT2D eigenvalue weighted by molar-refractivity contribution is -0.141. The number of hydrogen-bond donors (Lipinski definition) is 2. The van der Waals surface area contributed by atoms with Crippen molar-refractivity contribution in [3.63, 3.8) is 0 Å². The van der Waals surface area contributed by atoms with Crippen molar-refractivity contribution in [2.24, 2.45) is 0 Å². The van der Waals surface area contributed by atoms with Crippen molar-refractivity contribution in [1.29, 1.82) is 0 Å². The van der Waals surface area contributed by atoms with Crippen molar-refractivity contribution in [2.75, 3.05) is 20.3 Å². The topological polar surface area (TPSA) is 134 Å². The van der Waals surface area contributed by atoms with Crippen molar-refractivity contribution in [2.45, 2.75) is 102 Å². The van der Waals surface area contributed by atoms with Gasteiger partial charge in [0.05, 0.1) is 26.8 Å². The molecule has 12 heteroatoms. The number of carbonyl (C=O) groups excluding carboxylic acids is 5. The van der Waals surface area contributed by atoms with E-state index in [9.17, 15) is 24.0 Å². The molecule has 4 unspecified atom stereocenters. The highest BCUT2D eigenvalue weighted by Gasteiger charge is 2.47. The number of rotatable bonds is 9. The van der Waals surface area contributed by atoms with Gasteiger partial charge in [-0.3, -0.25) is 19.3 Å². The van der Waals surface area contributed by atoms with E-state index in [0.29, 0.717) is 17.8 Å². The minimum absolute atomic E-state index is 0.129. The highest BCUT2D eigenvalue weighted by Crippen LogP contribution is 2.32. The van der Waals surface area contributed by atoms with Crippen molar-refractivity contribution < 1.29 is 33.4 Å². The largest absolute Gasteiger partial charge is 0.465 e. The Balaban J connectivity index is 1.37. The number of amides is 4. The second-order valence-electron chi connectivity index (χ2n) is 16.6. The van der Waals surface area contributed by atoms with Crippen LogP contribution in [0, 0.1) is 11.8 Å². The zero-order valence-electron chi connectivity index (χ0n) is 33.7.